The quantitative estimate of drug-likeness (QED) is 0.378. The zero-order chi connectivity index (χ0) is 7.82. The third-order valence-electron chi connectivity index (χ3n) is 1.11. The summed E-state index contributed by atoms with van der Waals surface area (Å²) in [6, 6.07) is 0. The molecule has 0 rings (SSSR count). The molecule has 0 fully saturated rings. The van der Waals surface area contributed by atoms with Gasteiger partial charge in [-0.25, -0.2) is 0 Å². The van der Waals surface area contributed by atoms with E-state index < -0.39 is 0 Å². The van der Waals surface area contributed by atoms with E-state index in [1.54, 1.807) is 0 Å². The maximum atomic E-state index is 10.2. The molecule has 0 amide bonds. The average molecular weight is 162 g/mol. The fraction of sp³-hybridized carbons (Fsp3) is 0.857. The van der Waals surface area contributed by atoms with Crippen LogP contribution in [0.25, 0.3) is 0 Å². The number of hydrogen-bond donors (Lipinski definition) is 1. The molecule has 0 aliphatic carbocycles. The van der Waals surface area contributed by atoms with Crippen molar-refractivity contribution in [2.75, 3.05) is 12.4 Å². The Balaban J connectivity index is 2.84. The van der Waals surface area contributed by atoms with E-state index in [1.165, 1.54) is 6.92 Å². The van der Waals surface area contributed by atoms with Gasteiger partial charge in [0, 0.05) is 6.92 Å². The molecule has 0 saturated heterocycles. The van der Waals surface area contributed by atoms with Crippen molar-refractivity contribution in [2.24, 2.45) is 0 Å². The number of hydrogen-bond acceptors (Lipinski definition) is 3. The van der Waals surface area contributed by atoms with Crippen LogP contribution in [0.3, 0.4) is 0 Å². The topological polar surface area (TPSA) is 26.3 Å². The predicted molar refractivity (Wildman–Crippen MR) is 44.3 cm³/mol. The van der Waals surface area contributed by atoms with E-state index in [4.69, 9.17) is 4.74 Å². The highest BCUT2D eigenvalue weighted by molar-refractivity contribution is 7.80. The van der Waals surface area contributed by atoms with E-state index in [2.05, 4.69) is 12.6 Å². The molecule has 0 saturated carbocycles. The number of esters is 1. The molecule has 0 heterocycles. The SMILES string of the molecule is CC(=O)OCCCCCS. The minimum Gasteiger partial charge on any atom is -0.466 e. The van der Waals surface area contributed by atoms with Gasteiger partial charge in [-0.1, -0.05) is 0 Å². The van der Waals surface area contributed by atoms with Gasteiger partial charge in [0.1, 0.15) is 0 Å². The van der Waals surface area contributed by atoms with Gasteiger partial charge in [0.05, 0.1) is 6.61 Å². The molecule has 10 heavy (non-hydrogen) atoms. The third-order valence-corrected chi connectivity index (χ3v) is 1.42. The predicted octanol–water partition coefficient (Wildman–Crippen LogP) is 1.65. The Morgan fingerprint density at radius 2 is 2.10 bits per heavy atom. The van der Waals surface area contributed by atoms with Crippen molar-refractivity contribution in [2.45, 2.75) is 26.2 Å². The maximum Gasteiger partial charge on any atom is 0.302 e. The summed E-state index contributed by atoms with van der Waals surface area (Å²) in [6.45, 7) is 1.99. The van der Waals surface area contributed by atoms with Crippen LogP contribution in [-0.4, -0.2) is 18.3 Å². The Labute approximate surface area is 67.4 Å². The molecule has 0 spiro atoms. The van der Waals surface area contributed by atoms with Gasteiger partial charge in [-0.2, -0.15) is 12.6 Å². The fourth-order valence-electron chi connectivity index (χ4n) is 0.607. The summed E-state index contributed by atoms with van der Waals surface area (Å²) >= 11 is 4.06. The summed E-state index contributed by atoms with van der Waals surface area (Å²) in [5.41, 5.74) is 0. The van der Waals surface area contributed by atoms with Crippen molar-refractivity contribution < 1.29 is 9.53 Å². The minimum absolute atomic E-state index is 0.189. The minimum atomic E-state index is -0.189. The second-order valence-electron chi connectivity index (χ2n) is 2.12. The molecule has 2 nitrogen and oxygen atoms in total. The van der Waals surface area contributed by atoms with E-state index in [0.29, 0.717) is 6.61 Å². The molecule has 3 heteroatoms. The molecular weight excluding hydrogens is 148 g/mol. The molecule has 0 aromatic heterocycles. The lowest BCUT2D eigenvalue weighted by Gasteiger charge is -1.99. The lowest BCUT2D eigenvalue weighted by atomic mass is 10.3. The van der Waals surface area contributed by atoms with Crippen molar-refractivity contribution in [3.05, 3.63) is 0 Å². The van der Waals surface area contributed by atoms with Gasteiger partial charge in [-0.15, -0.1) is 0 Å². The smallest absolute Gasteiger partial charge is 0.302 e. The number of rotatable bonds is 5. The zero-order valence-electron chi connectivity index (χ0n) is 6.30. The average Bonchev–Trinajstić information content (AvgIpc) is 1.87. The molecule has 0 unspecified atom stereocenters. The van der Waals surface area contributed by atoms with Crippen molar-refractivity contribution in [1.29, 1.82) is 0 Å². The summed E-state index contributed by atoms with van der Waals surface area (Å²) in [4.78, 5) is 10.2. The molecular formula is C7H14O2S. The molecule has 60 valence electrons. The van der Waals surface area contributed by atoms with Gasteiger partial charge in [-0.05, 0) is 25.0 Å². The summed E-state index contributed by atoms with van der Waals surface area (Å²) in [7, 11) is 0. The highest BCUT2D eigenvalue weighted by Crippen LogP contribution is 1.96. The summed E-state index contributed by atoms with van der Waals surface area (Å²) in [6.07, 6.45) is 3.15. The van der Waals surface area contributed by atoms with Crippen LogP contribution in [0, 0.1) is 0 Å². The molecule has 0 aliphatic heterocycles. The van der Waals surface area contributed by atoms with Crippen molar-refractivity contribution in [1.82, 2.24) is 0 Å². The Morgan fingerprint density at radius 3 is 2.60 bits per heavy atom. The number of carbonyl (C=O) groups excluding carboxylic acids is 1. The molecule has 0 aromatic rings. The number of thiol groups is 1. The third kappa shape index (κ3) is 7.82. The van der Waals surface area contributed by atoms with Crippen molar-refractivity contribution in [3.63, 3.8) is 0 Å². The molecule has 0 N–H and O–H groups in total. The maximum absolute atomic E-state index is 10.2. The monoisotopic (exact) mass is 162 g/mol. The van der Waals surface area contributed by atoms with E-state index in [0.717, 1.165) is 25.0 Å². The highest BCUT2D eigenvalue weighted by Gasteiger charge is 1.91. The fourth-order valence-corrected chi connectivity index (χ4v) is 0.830. The second-order valence-corrected chi connectivity index (χ2v) is 2.57. The van der Waals surface area contributed by atoms with Gasteiger partial charge in [0.25, 0.3) is 0 Å². The van der Waals surface area contributed by atoms with Crippen LogP contribution in [-0.2, 0) is 9.53 Å². The lowest BCUT2D eigenvalue weighted by molar-refractivity contribution is -0.141. The first-order chi connectivity index (χ1) is 4.77. The first-order valence-electron chi connectivity index (χ1n) is 3.51. The van der Waals surface area contributed by atoms with Crippen LogP contribution in [0.2, 0.25) is 0 Å². The Bertz CT molecular complexity index is 93.6. The molecule has 0 radical (unpaired) electrons. The Kier molecular flexibility index (Phi) is 6.81. The lowest BCUT2D eigenvalue weighted by Crippen LogP contribution is -2.00. The summed E-state index contributed by atoms with van der Waals surface area (Å²) in [5, 5.41) is 0. The molecule has 0 atom stereocenters. The van der Waals surface area contributed by atoms with Gasteiger partial charge in [-0.3, -0.25) is 4.79 Å². The first-order valence-corrected chi connectivity index (χ1v) is 4.15. The van der Waals surface area contributed by atoms with Crippen LogP contribution in [0.15, 0.2) is 0 Å². The second kappa shape index (κ2) is 6.93. The van der Waals surface area contributed by atoms with E-state index in [9.17, 15) is 4.79 Å². The standard InChI is InChI=1S/C7H14O2S/c1-7(8)9-5-3-2-4-6-10/h10H,2-6H2,1H3. The normalized spacial score (nSPS) is 9.40. The van der Waals surface area contributed by atoms with E-state index in [-0.39, 0.29) is 5.97 Å². The van der Waals surface area contributed by atoms with Gasteiger partial charge >= 0.3 is 5.97 Å². The Hall–Kier alpha value is -0.180. The molecule has 0 bridgehead atoms. The largest absolute Gasteiger partial charge is 0.466 e. The van der Waals surface area contributed by atoms with Gasteiger partial charge in [0.15, 0.2) is 0 Å². The van der Waals surface area contributed by atoms with Crippen LogP contribution in [0.5, 0.6) is 0 Å². The Morgan fingerprint density at radius 1 is 1.40 bits per heavy atom. The van der Waals surface area contributed by atoms with Crippen LogP contribution in [0.1, 0.15) is 26.2 Å². The van der Waals surface area contributed by atoms with Gasteiger partial charge in [0.2, 0.25) is 0 Å². The number of carbonyl (C=O) groups is 1. The first kappa shape index (κ1) is 9.82. The molecule has 0 aromatic carbocycles. The summed E-state index contributed by atoms with van der Waals surface area (Å²) < 4.78 is 4.72. The van der Waals surface area contributed by atoms with Crippen molar-refractivity contribution in [3.8, 4) is 0 Å². The summed E-state index contributed by atoms with van der Waals surface area (Å²) in [5.74, 6) is 0.728. The highest BCUT2D eigenvalue weighted by atomic mass is 32.1. The van der Waals surface area contributed by atoms with Crippen LogP contribution < -0.4 is 0 Å². The van der Waals surface area contributed by atoms with Gasteiger partial charge < -0.3 is 4.74 Å². The number of unbranched alkanes of at least 4 members (excludes halogenated alkanes) is 2. The van der Waals surface area contributed by atoms with E-state index >= 15 is 0 Å². The molecule has 0 aliphatic rings. The van der Waals surface area contributed by atoms with E-state index in [1.807, 2.05) is 0 Å². The van der Waals surface area contributed by atoms with Crippen LogP contribution in [0.4, 0.5) is 0 Å². The number of ether oxygens (including phenoxy) is 1. The van der Waals surface area contributed by atoms with Crippen molar-refractivity contribution >= 4 is 18.6 Å². The zero-order valence-corrected chi connectivity index (χ0v) is 7.19. The van der Waals surface area contributed by atoms with Crippen LogP contribution >= 0.6 is 12.6 Å².